The first-order valence-electron chi connectivity index (χ1n) is 13.7. The maximum absolute atomic E-state index is 13.1. The zero-order valence-corrected chi connectivity index (χ0v) is 24.0. The van der Waals surface area contributed by atoms with Gasteiger partial charge in [0.25, 0.3) is 5.56 Å². The van der Waals surface area contributed by atoms with Crippen LogP contribution in [0.4, 0.5) is 17.2 Å². The SMILES string of the molecule is CCCN(CCC(C)CC)c1ccc(Nc2nc3ccc([B]OC(C)(C)C(C)C)cc3n(C)c2=O)cc1. The Morgan fingerprint density at radius 2 is 1.78 bits per heavy atom. The van der Waals surface area contributed by atoms with Crippen LogP contribution in [0.2, 0.25) is 0 Å². The molecule has 0 aliphatic heterocycles. The summed E-state index contributed by atoms with van der Waals surface area (Å²) in [6, 6.07) is 14.1. The number of hydrogen-bond donors (Lipinski definition) is 1. The number of aromatic nitrogens is 2. The molecule has 37 heavy (non-hydrogen) atoms. The van der Waals surface area contributed by atoms with Crippen LogP contribution in [0.1, 0.15) is 67.7 Å². The summed E-state index contributed by atoms with van der Waals surface area (Å²) in [5.41, 5.74) is 4.03. The summed E-state index contributed by atoms with van der Waals surface area (Å²) < 4.78 is 7.66. The van der Waals surface area contributed by atoms with E-state index in [0.29, 0.717) is 11.7 Å². The van der Waals surface area contributed by atoms with E-state index in [4.69, 9.17) is 4.65 Å². The highest BCUT2D eigenvalue weighted by Crippen LogP contribution is 2.22. The third-order valence-electron chi connectivity index (χ3n) is 7.57. The molecular weight excluding hydrogens is 459 g/mol. The lowest BCUT2D eigenvalue weighted by atomic mass is 9.84. The minimum absolute atomic E-state index is 0.168. The Labute approximate surface area is 223 Å². The third-order valence-corrected chi connectivity index (χ3v) is 7.57. The molecule has 0 saturated carbocycles. The van der Waals surface area contributed by atoms with E-state index in [0.717, 1.165) is 47.6 Å². The van der Waals surface area contributed by atoms with E-state index in [-0.39, 0.29) is 11.2 Å². The molecule has 0 bridgehead atoms. The average molecular weight is 504 g/mol. The van der Waals surface area contributed by atoms with E-state index in [2.05, 4.69) is 75.8 Å². The molecule has 0 aliphatic carbocycles. The van der Waals surface area contributed by atoms with Crippen molar-refractivity contribution in [3.63, 3.8) is 0 Å². The second-order valence-corrected chi connectivity index (χ2v) is 11.0. The first kappa shape index (κ1) is 28.8. The fourth-order valence-corrected chi connectivity index (χ4v) is 3.96. The molecule has 2 aromatic carbocycles. The predicted octanol–water partition coefficient (Wildman–Crippen LogP) is 6.03. The van der Waals surface area contributed by atoms with E-state index in [9.17, 15) is 4.79 Å². The van der Waals surface area contributed by atoms with Crippen LogP contribution in [0.15, 0.2) is 47.3 Å². The number of nitrogens with zero attached hydrogens (tertiary/aromatic N) is 3. The van der Waals surface area contributed by atoms with Gasteiger partial charge < -0.3 is 19.4 Å². The zero-order chi connectivity index (χ0) is 27.2. The Morgan fingerprint density at radius 1 is 1.08 bits per heavy atom. The molecule has 1 atom stereocenters. The van der Waals surface area contributed by atoms with Crippen molar-refractivity contribution in [2.75, 3.05) is 23.3 Å². The van der Waals surface area contributed by atoms with Crippen molar-refractivity contribution >= 4 is 41.2 Å². The normalized spacial score (nSPS) is 12.7. The second-order valence-electron chi connectivity index (χ2n) is 11.0. The van der Waals surface area contributed by atoms with Gasteiger partial charge in [0.05, 0.1) is 11.0 Å². The van der Waals surface area contributed by atoms with Crippen LogP contribution in [0.5, 0.6) is 0 Å². The molecule has 7 heteroatoms. The average Bonchev–Trinajstić information content (AvgIpc) is 2.88. The lowest BCUT2D eigenvalue weighted by Gasteiger charge is -2.30. The Kier molecular flexibility index (Phi) is 9.83. The van der Waals surface area contributed by atoms with Crippen molar-refractivity contribution < 1.29 is 4.65 Å². The minimum atomic E-state index is -0.274. The molecule has 1 radical (unpaired) electrons. The van der Waals surface area contributed by atoms with Gasteiger partial charge in [-0.25, -0.2) is 4.98 Å². The van der Waals surface area contributed by atoms with Gasteiger partial charge in [-0.1, -0.05) is 52.6 Å². The molecule has 0 aliphatic rings. The molecule has 199 valence electrons. The Hall–Kier alpha value is -2.80. The fraction of sp³-hybridized carbons (Fsp3) is 0.533. The first-order valence-corrected chi connectivity index (χ1v) is 13.7. The van der Waals surface area contributed by atoms with Crippen molar-refractivity contribution in [3.05, 3.63) is 52.8 Å². The van der Waals surface area contributed by atoms with Gasteiger partial charge in [0.2, 0.25) is 0 Å². The fourth-order valence-electron chi connectivity index (χ4n) is 3.96. The van der Waals surface area contributed by atoms with Gasteiger partial charge in [-0.15, -0.1) is 0 Å². The molecule has 1 heterocycles. The van der Waals surface area contributed by atoms with Gasteiger partial charge >= 0.3 is 7.48 Å². The number of hydrogen-bond acceptors (Lipinski definition) is 5. The number of aryl methyl sites for hydroxylation is 1. The lowest BCUT2D eigenvalue weighted by molar-refractivity contribution is 0.0668. The van der Waals surface area contributed by atoms with Crippen LogP contribution in [-0.2, 0) is 11.7 Å². The van der Waals surface area contributed by atoms with E-state index in [1.165, 1.54) is 18.5 Å². The largest absolute Gasteiger partial charge is 0.429 e. The molecule has 0 spiro atoms. The molecule has 3 aromatic rings. The maximum atomic E-state index is 13.1. The number of fused-ring (bicyclic) bond motifs is 1. The maximum Gasteiger partial charge on any atom is 0.330 e. The summed E-state index contributed by atoms with van der Waals surface area (Å²) in [5, 5.41) is 3.24. The Balaban J connectivity index is 1.77. The molecule has 3 rings (SSSR count). The van der Waals surface area contributed by atoms with Crippen LogP contribution in [-0.4, -0.2) is 35.7 Å². The van der Waals surface area contributed by atoms with Crippen molar-refractivity contribution in [2.24, 2.45) is 18.9 Å². The molecule has 1 unspecified atom stereocenters. The van der Waals surface area contributed by atoms with E-state index >= 15 is 0 Å². The number of anilines is 3. The van der Waals surface area contributed by atoms with Crippen molar-refractivity contribution in [1.82, 2.24) is 9.55 Å². The highest BCUT2D eigenvalue weighted by atomic mass is 16.5. The van der Waals surface area contributed by atoms with Gasteiger partial charge in [-0.3, -0.25) is 4.79 Å². The Bertz CT molecular complexity index is 1220. The second kappa shape index (κ2) is 12.6. The van der Waals surface area contributed by atoms with Crippen molar-refractivity contribution in [2.45, 2.75) is 73.3 Å². The molecule has 1 aromatic heterocycles. The van der Waals surface area contributed by atoms with E-state index < -0.39 is 0 Å². The predicted molar refractivity (Wildman–Crippen MR) is 159 cm³/mol. The quantitative estimate of drug-likeness (QED) is 0.289. The summed E-state index contributed by atoms with van der Waals surface area (Å²) in [4.78, 5) is 20.2. The minimum Gasteiger partial charge on any atom is -0.429 e. The summed E-state index contributed by atoms with van der Waals surface area (Å²) in [6.07, 6.45) is 3.51. The Morgan fingerprint density at radius 3 is 2.41 bits per heavy atom. The monoisotopic (exact) mass is 503 g/mol. The lowest BCUT2D eigenvalue weighted by Crippen LogP contribution is -2.36. The molecular formula is C30H44BN4O2. The molecule has 0 amide bonds. The smallest absolute Gasteiger partial charge is 0.330 e. The molecule has 1 N–H and O–H groups in total. The summed E-state index contributed by atoms with van der Waals surface area (Å²) in [5.74, 6) is 1.42. The number of benzene rings is 2. The van der Waals surface area contributed by atoms with Crippen molar-refractivity contribution in [1.29, 1.82) is 0 Å². The summed E-state index contributed by atoms with van der Waals surface area (Å²) >= 11 is 0. The van der Waals surface area contributed by atoms with Gasteiger partial charge in [-0.2, -0.15) is 0 Å². The van der Waals surface area contributed by atoms with Gasteiger partial charge in [-0.05, 0) is 74.9 Å². The van der Waals surface area contributed by atoms with Crippen LogP contribution in [0.3, 0.4) is 0 Å². The number of nitrogens with one attached hydrogen (secondary N) is 1. The molecule has 6 nitrogen and oxygen atoms in total. The molecule has 0 fully saturated rings. The van der Waals surface area contributed by atoms with Gasteiger partial charge in [0.1, 0.15) is 0 Å². The molecule has 0 saturated heterocycles. The van der Waals surface area contributed by atoms with E-state index in [1.807, 2.05) is 30.3 Å². The van der Waals surface area contributed by atoms with Crippen LogP contribution in [0, 0.1) is 11.8 Å². The van der Waals surface area contributed by atoms with Gasteiger partial charge in [0.15, 0.2) is 5.82 Å². The van der Waals surface area contributed by atoms with Gasteiger partial charge in [0, 0.05) is 37.1 Å². The highest BCUT2D eigenvalue weighted by Gasteiger charge is 2.23. The summed E-state index contributed by atoms with van der Waals surface area (Å²) in [7, 11) is 3.55. The van der Waals surface area contributed by atoms with E-state index in [1.54, 1.807) is 19.1 Å². The van der Waals surface area contributed by atoms with Crippen LogP contribution < -0.4 is 21.2 Å². The van der Waals surface area contributed by atoms with Crippen LogP contribution in [0.25, 0.3) is 11.0 Å². The van der Waals surface area contributed by atoms with Crippen LogP contribution >= 0.6 is 0 Å². The topological polar surface area (TPSA) is 59.4 Å². The summed E-state index contributed by atoms with van der Waals surface area (Å²) in [6.45, 7) is 17.3. The third kappa shape index (κ3) is 7.38. The first-order chi connectivity index (χ1) is 17.6. The highest BCUT2D eigenvalue weighted by molar-refractivity contribution is 6.47. The van der Waals surface area contributed by atoms with Crippen molar-refractivity contribution in [3.8, 4) is 0 Å². The standard InChI is InChI=1S/C30H44BN4O2/c1-9-18-35(19-17-22(5)10-2)25-14-12-24(13-15-25)32-28-29(36)34(8)27-20-23(11-16-26(27)33-28)31-37-30(6,7)21(3)4/h11-16,20-22H,9-10,17-19H2,1-8H3,(H,32,33). The zero-order valence-electron chi connectivity index (χ0n) is 24.0. The number of rotatable bonds is 13.